The summed E-state index contributed by atoms with van der Waals surface area (Å²) in [5.74, 6) is -0.230. The van der Waals surface area contributed by atoms with Crippen molar-refractivity contribution >= 4 is 21.6 Å². The first kappa shape index (κ1) is 18.0. The van der Waals surface area contributed by atoms with Gasteiger partial charge < -0.3 is 4.90 Å². The van der Waals surface area contributed by atoms with Crippen LogP contribution in [0.5, 0.6) is 0 Å². The van der Waals surface area contributed by atoms with E-state index < -0.39 is 15.8 Å². The Morgan fingerprint density at radius 2 is 1.93 bits per heavy atom. The van der Waals surface area contributed by atoms with Crippen LogP contribution in [-0.2, 0) is 27.8 Å². The molecule has 5 nitrogen and oxygen atoms in total. The molecule has 0 saturated heterocycles. The molecule has 27 heavy (non-hydrogen) atoms. The van der Waals surface area contributed by atoms with Crippen molar-refractivity contribution in [2.24, 2.45) is 5.92 Å². The van der Waals surface area contributed by atoms with Crippen molar-refractivity contribution in [2.75, 3.05) is 11.3 Å². The summed E-state index contributed by atoms with van der Waals surface area (Å²) in [4.78, 5) is 14.1. The Kier molecular flexibility index (Phi) is 4.42. The third-order valence-corrected chi connectivity index (χ3v) is 6.67. The first-order valence-corrected chi connectivity index (χ1v) is 10.5. The van der Waals surface area contributed by atoms with Gasteiger partial charge in [0.25, 0.3) is 10.0 Å². The largest absolute Gasteiger partial charge is 0.338 e. The van der Waals surface area contributed by atoms with E-state index >= 15 is 0 Å². The lowest BCUT2D eigenvalue weighted by atomic mass is 9.99. The molecule has 0 unspecified atom stereocenters. The molecule has 1 fully saturated rings. The van der Waals surface area contributed by atoms with Crippen LogP contribution in [0.3, 0.4) is 0 Å². The smallest absolute Gasteiger partial charge is 0.262 e. The number of carbonyl (C=O) groups excluding carboxylic acids is 1. The van der Waals surface area contributed by atoms with Gasteiger partial charge in [-0.15, -0.1) is 0 Å². The Morgan fingerprint density at radius 1 is 1.15 bits per heavy atom. The maximum atomic E-state index is 13.5. The molecule has 1 N–H and O–H groups in total. The van der Waals surface area contributed by atoms with Gasteiger partial charge in [-0.2, -0.15) is 0 Å². The Hall–Kier alpha value is -2.41. The van der Waals surface area contributed by atoms with Crippen molar-refractivity contribution < 1.29 is 17.6 Å². The normalized spacial score (nSPS) is 16.7. The standard InChI is InChI=1S/C20H21FN2O3S/c1-13-2-6-17(21)11-19(13)27(25,26)22-18-7-5-14-8-9-23(12-16(14)10-18)20(24)15-3-4-15/h2,5-7,10-11,15,22H,3-4,8-9,12H2,1H3. The topological polar surface area (TPSA) is 66.5 Å². The van der Waals surface area contributed by atoms with E-state index in [0.29, 0.717) is 24.3 Å². The molecule has 0 spiro atoms. The van der Waals surface area contributed by atoms with Gasteiger partial charge in [0.15, 0.2) is 0 Å². The lowest BCUT2D eigenvalue weighted by Gasteiger charge is -2.29. The lowest BCUT2D eigenvalue weighted by molar-refractivity contribution is -0.133. The van der Waals surface area contributed by atoms with Crippen LogP contribution >= 0.6 is 0 Å². The zero-order valence-electron chi connectivity index (χ0n) is 15.0. The summed E-state index contributed by atoms with van der Waals surface area (Å²) in [6.07, 6.45) is 2.70. The molecule has 0 atom stereocenters. The molecule has 0 radical (unpaired) electrons. The summed E-state index contributed by atoms with van der Waals surface area (Å²) in [7, 11) is -3.90. The van der Waals surface area contributed by atoms with Gasteiger partial charge in [-0.3, -0.25) is 9.52 Å². The molecule has 7 heteroatoms. The van der Waals surface area contributed by atoms with Crippen LogP contribution < -0.4 is 4.72 Å². The van der Waals surface area contributed by atoms with Crippen LogP contribution in [0.25, 0.3) is 0 Å². The predicted molar refractivity (Wildman–Crippen MR) is 100 cm³/mol. The molecule has 142 valence electrons. The molecule has 1 saturated carbocycles. The summed E-state index contributed by atoms with van der Waals surface area (Å²) in [5, 5.41) is 0. The average Bonchev–Trinajstić information content (AvgIpc) is 3.47. The number of hydrogen-bond donors (Lipinski definition) is 1. The highest BCUT2D eigenvalue weighted by Crippen LogP contribution is 2.33. The molecular formula is C20H21FN2O3S. The minimum Gasteiger partial charge on any atom is -0.338 e. The molecule has 4 rings (SSSR count). The van der Waals surface area contributed by atoms with Crippen molar-refractivity contribution in [3.63, 3.8) is 0 Å². The van der Waals surface area contributed by atoms with Crippen molar-refractivity contribution in [1.29, 1.82) is 0 Å². The molecular weight excluding hydrogens is 367 g/mol. The molecule has 1 aliphatic carbocycles. The Balaban J connectivity index is 1.58. The SMILES string of the molecule is Cc1ccc(F)cc1S(=O)(=O)Nc1ccc2c(c1)CN(C(=O)C1CC1)CC2. The number of rotatable bonds is 4. The van der Waals surface area contributed by atoms with Crippen LogP contribution in [-0.4, -0.2) is 25.8 Å². The first-order valence-electron chi connectivity index (χ1n) is 9.03. The maximum Gasteiger partial charge on any atom is 0.262 e. The van der Waals surface area contributed by atoms with Gasteiger partial charge in [0, 0.05) is 24.7 Å². The van der Waals surface area contributed by atoms with E-state index in [-0.39, 0.29) is 16.7 Å². The second-order valence-electron chi connectivity index (χ2n) is 7.28. The monoisotopic (exact) mass is 388 g/mol. The number of nitrogens with one attached hydrogen (secondary N) is 1. The van der Waals surface area contributed by atoms with Crippen LogP contribution in [0.15, 0.2) is 41.3 Å². The van der Waals surface area contributed by atoms with Gasteiger partial charge in [0.2, 0.25) is 5.91 Å². The molecule has 0 aromatic heterocycles. The molecule has 1 aliphatic heterocycles. The lowest BCUT2D eigenvalue weighted by Crippen LogP contribution is -2.36. The van der Waals surface area contributed by atoms with Crippen molar-refractivity contribution in [3.05, 3.63) is 58.9 Å². The van der Waals surface area contributed by atoms with Gasteiger partial charge in [-0.05, 0) is 67.1 Å². The Morgan fingerprint density at radius 3 is 2.67 bits per heavy atom. The van der Waals surface area contributed by atoms with Crippen LogP contribution in [0.1, 0.15) is 29.5 Å². The number of fused-ring (bicyclic) bond motifs is 1. The summed E-state index contributed by atoms with van der Waals surface area (Å²) < 4.78 is 41.4. The number of nitrogens with zero attached hydrogens (tertiary/aromatic N) is 1. The molecule has 2 aliphatic rings. The molecule has 1 amide bonds. The number of hydrogen-bond acceptors (Lipinski definition) is 3. The van der Waals surface area contributed by atoms with E-state index in [2.05, 4.69) is 4.72 Å². The molecule has 1 heterocycles. The Bertz CT molecular complexity index is 1020. The summed E-state index contributed by atoms with van der Waals surface area (Å²) in [6, 6.07) is 9.07. The summed E-state index contributed by atoms with van der Waals surface area (Å²) >= 11 is 0. The van der Waals surface area contributed by atoms with Crippen molar-refractivity contribution in [3.8, 4) is 0 Å². The van der Waals surface area contributed by atoms with E-state index in [1.807, 2.05) is 11.0 Å². The number of halogens is 1. The number of amides is 1. The quantitative estimate of drug-likeness (QED) is 0.875. The van der Waals surface area contributed by atoms with Gasteiger partial charge in [-0.25, -0.2) is 12.8 Å². The average molecular weight is 388 g/mol. The van der Waals surface area contributed by atoms with Crippen LogP contribution in [0.2, 0.25) is 0 Å². The molecule has 0 bridgehead atoms. The second-order valence-corrected chi connectivity index (χ2v) is 8.93. The predicted octanol–water partition coefficient (Wildman–Crippen LogP) is 3.23. The minimum atomic E-state index is -3.90. The third kappa shape index (κ3) is 3.69. The Labute approximate surface area is 158 Å². The number of anilines is 1. The van der Waals surface area contributed by atoms with Gasteiger partial charge >= 0.3 is 0 Å². The number of carbonyl (C=O) groups is 1. The second kappa shape index (κ2) is 6.64. The van der Waals surface area contributed by atoms with Crippen LogP contribution in [0, 0.1) is 18.7 Å². The summed E-state index contributed by atoms with van der Waals surface area (Å²) in [5.41, 5.74) is 2.97. The summed E-state index contributed by atoms with van der Waals surface area (Å²) in [6.45, 7) is 2.83. The fourth-order valence-electron chi connectivity index (χ4n) is 3.47. The number of sulfonamides is 1. The highest BCUT2D eigenvalue weighted by Gasteiger charge is 2.34. The molecule has 2 aromatic carbocycles. The maximum absolute atomic E-state index is 13.5. The van der Waals surface area contributed by atoms with Crippen molar-refractivity contribution in [2.45, 2.75) is 37.6 Å². The van der Waals surface area contributed by atoms with E-state index in [0.717, 1.165) is 36.5 Å². The van der Waals surface area contributed by atoms with Crippen molar-refractivity contribution in [1.82, 2.24) is 4.90 Å². The highest BCUT2D eigenvalue weighted by molar-refractivity contribution is 7.92. The van der Waals surface area contributed by atoms with E-state index in [9.17, 15) is 17.6 Å². The van der Waals surface area contributed by atoms with E-state index in [1.54, 1.807) is 19.1 Å². The van der Waals surface area contributed by atoms with Crippen LogP contribution in [0.4, 0.5) is 10.1 Å². The third-order valence-electron chi connectivity index (χ3n) is 5.15. The number of aryl methyl sites for hydroxylation is 1. The zero-order chi connectivity index (χ0) is 19.2. The molecule has 2 aromatic rings. The van der Waals surface area contributed by atoms with E-state index in [1.165, 1.54) is 12.1 Å². The first-order chi connectivity index (χ1) is 12.8. The van der Waals surface area contributed by atoms with Gasteiger partial charge in [-0.1, -0.05) is 12.1 Å². The zero-order valence-corrected chi connectivity index (χ0v) is 15.9. The highest BCUT2D eigenvalue weighted by atomic mass is 32.2. The fourth-order valence-corrected chi connectivity index (χ4v) is 4.78. The van der Waals surface area contributed by atoms with E-state index in [4.69, 9.17) is 0 Å². The fraction of sp³-hybridized carbons (Fsp3) is 0.350. The number of benzene rings is 2. The van der Waals surface area contributed by atoms with Gasteiger partial charge in [0.1, 0.15) is 5.82 Å². The minimum absolute atomic E-state index is 0.0780. The van der Waals surface area contributed by atoms with Gasteiger partial charge in [0.05, 0.1) is 4.90 Å².